The molecule has 1 fully saturated rings. The number of likely N-dealkylation sites (tertiary alicyclic amines) is 1. The molecule has 3 rings (SSSR count). The largest absolute Gasteiger partial charge is 0.368 e. The van der Waals surface area contributed by atoms with Crippen LogP contribution in [0.1, 0.15) is 19.3 Å². The Bertz CT molecular complexity index is 671. The number of aromatic nitrogens is 5. The molecule has 21 heavy (non-hydrogen) atoms. The summed E-state index contributed by atoms with van der Waals surface area (Å²) in [6.45, 7) is 1.88. The molecule has 2 aromatic rings. The first-order valence-corrected chi connectivity index (χ1v) is 6.97. The van der Waals surface area contributed by atoms with Crippen molar-refractivity contribution in [1.82, 2.24) is 29.7 Å². The highest BCUT2D eigenvalue weighted by Crippen LogP contribution is 2.09. The first-order valence-electron chi connectivity index (χ1n) is 6.97. The Hall–Kier alpha value is -2.51. The Morgan fingerprint density at radius 1 is 1.24 bits per heavy atom. The van der Waals surface area contributed by atoms with Gasteiger partial charge in [0.05, 0.1) is 18.4 Å². The van der Waals surface area contributed by atoms with Crippen molar-refractivity contribution in [3.8, 4) is 5.69 Å². The molecule has 0 saturated carbocycles. The summed E-state index contributed by atoms with van der Waals surface area (Å²) in [4.78, 5) is 29.9. The smallest absolute Gasteiger partial charge is 0.343 e. The summed E-state index contributed by atoms with van der Waals surface area (Å²) in [5.41, 5.74) is 0.192. The number of hydrogen-bond donors (Lipinski definition) is 0. The third kappa shape index (κ3) is 2.83. The molecule has 0 unspecified atom stereocenters. The molecule has 1 aliphatic rings. The highest BCUT2D eigenvalue weighted by atomic mass is 16.2. The zero-order chi connectivity index (χ0) is 14.7. The average Bonchev–Trinajstić information content (AvgIpc) is 3.16. The standard InChI is InChI=1S/C13H16N6O2/c20-12(17-7-1-2-8-17)5-9-18-13(21)19(16-15-18)11-4-3-6-14-10-11/h3-4,6,10H,1-2,5,7-9H2. The van der Waals surface area contributed by atoms with Crippen molar-refractivity contribution in [2.75, 3.05) is 13.1 Å². The summed E-state index contributed by atoms with van der Waals surface area (Å²) in [5.74, 6) is 0.0651. The third-order valence-electron chi connectivity index (χ3n) is 3.53. The fourth-order valence-electron chi connectivity index (χ4n) is 2.38. The number of nitrogens with zero attached hydrogens (tertiary/aromatic N) is 6. The summed E-state index contributed by atoms with van der Waals surface area (Å²) < 4.78 is 2.38. The van der Waals surface area contributed by atoms with Crippen molar-refractivity contribution >= 4 is 5.91 Å². The van der Waals surface area contributed by atoms with Gasteiger partial charge in [0.1, 0.15) is 0 Å². The third-order valence-corrected chi connectivity index (χ3v) is 3.53. The van der Waals surface area contributed by atoms with Crippen LogP contribution < -0.4 is 5.69 Å². The summed E-state index contributed by atoms with van der Waals surface area (Å²) in [6, 6.07) is 3.44. The van der Waals surface area contributed by atoms with Gasteiger partial charge in [-0.15, -0.1) is 0 Å². The maximum atomic E-state index is 12.2. The molecular formula is C13H16N6O2. The molecule has 0 N–H and O–H groups in total. The molecule has 0 aromatic carbocycles. The zero-order valence-corrected chi connectivity index (χ0v) is 11.6. The minimum absolute atomic E-state index is 0.0651. The molecule has 1 saturated heterocycles. The van der Waals surface area contributed by atoms with Crippen LogP contribution in [0.2, 0.25) is 0 Å². The first-order chi connectivity index (χ1) is 10.3. The second kappa shape index (κ2) is 5.86. The molecule has 8 nitrogen and oxygen atoms in total. The number of amides is 1. The van der Waals surface area contributed by atoms with Crippen molar-refractivity contribution in [2.45, 2.75) is 25.8 Å². The molecule has 0 atom stereocenters. The van der Waals surface area contributed by atoms with Gasteiger partial charge in [0.15, 0.2) is 0 Å². The van der Waals surface area contributed by atoms with E-state index in [0.717, 1.165) is 25.9 Å². The van der Waals surface area contributed by atoms with Gasteiger partial charge in [0.25, 0.3) is 0 Å². The van der Waals surface area contributed by atoms with Crippen LogP contribution in [-0.4, -0.2) is 48.7 Å². The van der Waals surface area contributed by atoms with E-state index < -0.39 is 0 Å². The number of carbonyl (C=O) groups excluding carboxylic acids is 1. The van der Waals surface area contributed by atoms with Gasteiger partial charge < -0.3 is 4.90 Å². The second-order valence-corrected chi connectivity index (χ2v) is 4.95. The zero-order valence-electron chi connectivity index (χ0n) is 11.6. The summed E-state index contributed by atoms with van der Waals surface area (Å²) in [6.07, 6.45) is 5.54. The van der Waals surface area contributed by atoms with Gasteiger partial charge in [-0.3, -0.25) is 9.78 Å². The number of pyridine rings is 1. The van der Waals surface area contributed by atoms with E-state index in [9.17, 15) is 9.59 Å². The van der Waals surface area contributed by atoms with Crippen LogP contribution in [0.15, 0.2) is 29.3 Å². The topological polar surface area (TPSA) is 85.9 Å². The molecule has 0 bridgehead atoms. The van der Waals surface area contributed by atoms with Crippen LogP contribution in [0, 0.1) is 0 Å². The van der Waals surface area contributed by atoms with Gasteiger partial charge in [0.2, 0.25) is 5.91 Å². The van der Waals surface area contributed by atoms with Crippen LogP contribution >= 0.6 is 0 Å². The van der Waals surface area contributed by atoms with Gasteiger partial charge in [-0.2, -0.15) is 9.36 Å². The molecule has 1 aliphatic heterocycles. The molecule has 0 radical (unpaired) electrons. The van der Waals surface area contributed by atoms with Crippen molar-refractivity contribution in [1.29, 1.82) is 0 Å². The number of hydrogen-bond acceptors (Lipinski definition) is 5. The van der Waals surface area contributed by atoms with Gasteiger partial charge >= 0.3 is 5.69 Å². The maximum Gasteiger partial charge on any atom is 0.368 e. The van der Waals surface area contributed by atoms with E-state index in [2.05, 4.69) is 15.4 Å². The van der Waals surface area contributed by atoms with E-state index in [-0.39, 0.29) is 24.6 Å². The van der Waals surface area contributed by atoms with E-state index in [4.69, 9.17) is 0 Å². The van der Waals surface area contributed by atoms with Crippen LogP contribution in [0.3, 0.4) is 0 Å². The van der Waals surface area contributed by atoms with Crippen LogP contribution in [-0.2, 0) is 11.3 Å². The molecule has 1 amide bonds. The predicted octanol–water partition coefficient (Wildman–Crippen LogP) is -0.164. The van der Waals surface area contributed by atoms with Crippen LogP contribution in [0.25, 0.3) is 5.69 Å². The Kier molecular flexibility index (Phi) is 3.76. The quantitative estimate of drug-likeness (QED) is 0.780. The van der Waals surface area contributed by atoms with Gasteiger partial charge in [-0.25, -0.2) is 4.79 Å². The summed E-state index contributed by atoms with van der Waals surface area (Å²) in [7, 11) is 0. The van der Waals surface area contributed by atoms with Crippen molar-refractivity contribution < 1.29 is 4.79 Å². The highest BCUT2D eigenvalue weighted by Gasteiger charge is 2.18. The molecule has 110 valence electrons. The van der Waals surface area contributed by atoms with E-state index in [0.29, 0.717) is 5.69 Å². The second-order valence-electron chi connectivity index (χ2n) is 4.95. The lowest BCUT2D eigenvalue weighted by atomic mass is 10.3. The Morgan fingerprint density at radius 2 is 2.05 bits per heavy atom. The van der Waals surface area contributed by atoms with Gasteiger partial charge in [0, 0.05) is 25.7 Å². The minimum atomic E-state index is -0.364. The number of tetrazole rings is 1. The number of rotatable bonds is 4. The van der Waals surface area contributed by atoms with E-state index in [1.54, 1.807) is 18.3 Å². The molecule has 3 heterocycles. The normalized spacial score (nSPS) is 14.6. The first kappa shape index (κ1) is 13.5. The fraction of sp³-hybridized carbons (Fsp3) is 0.462. The lowest BCUT2D eigenvalue weighted by Gasteiger charge is -2.14. The predicted molar refractivity (Wildman–Crippen MR) is 73.8 cm³/mol. The average molecular weight is 288 g/mol. The van der Waals surface area contributed by atoms with E-state index in [1.807, 2.05) is 4.90 Å². The van der Waals surface area contributed by atoms with Gasteiger partial charge in [-0.1, -0.05) is 0 Å². The van der Waals surface area contributed by atoms with Crippen molar-refractivity contribution in [3.05, 3.63) is 35.0 Å². The number of carbonyl (C=O) groups is 1. The van der Waals surface area contributed by atoms with E-state index >= 15 is 0 Å². The van der Waals surface area contributed by atoms with Gasteiger partial charge in [-0.05, 0) is 35.4 Å². The lowest BCUT2D eigenvalue weighted by Crippen LogP contribution is -2.31. The molecule has 2 aromatic heterocycles. The lowest BCUT2D eigenvalue weighted by molar-refractivity contribution is -0.130. The highest BCUT2D eigenvalue weighted by molar-refractivity contribution is 5.76. The van der Waals surface area contributed by atoms with E-state index in [1.165, 1.54) is 15.6 Å². The summed E-state index contributed by atoms with van der Waals surface area (Å²) >= 11 is 0. The number of aryl methyl sites for hydroxylation is 1. The molecule has 0 spiro atoms. The SMILES string of the molecule is O=C(CCn1nnn(-c2cccnc2)c1=O)N1CCCC1. The van der Waals surface area contributed by atoms with Crippen LogP contribution in [0.4, 0.5) is 0 Å². The van der Waals surface area contributed by atoms with Crippen LogP contribution in [0.5, 0.6) is 0 Å². The summed E-state index contributed by atoms with van der Waals surface area (Å²) in [5, 5.41) is 7.62. The van der Waals surface area contributed by atoms with Crippen molar-refractivity contribution in [2.24, 2.45) is 0 Å². The fourth-order valence-corrected chi connectivity index (χ4v) is 2.38. The Morgan fingerprint density at radius 3 is 2.76 bits per heavy atom. The molecule has 0 aliphatic carbocycles. The van der Waals surface area contributed by atoms with Crippen molar-refractivity contribution in [3.63, 3.8) is 0 Å². The Balaban J connectivity index is 1.68. The monoisotopic (exact) mass is 288 g/mol. The molecule has 8 heteroatoms. The molecular weight excluding hydrogens is 272 g/mol. The minimum Gasteiger partial charge on any atom is -0.343 e. The Labute approximate surface area is 121 Å². The maximum absolute atomic E-state index is 12.2.